The minimum absolute atomic E-state index is 0.116. The Morgan fingerprint density at radius 1 is 1.56 bits per heavy atom. The van der Waals surface area contributed by atoms with Crippen molar-refractivity contribution in [2.75, 3.05) is 6.61 Å². The highest BCUT2D eigenvalue weighted by atomic mass is 32.2. The van der Waals surface area contributed by atoms with Gasteiger partial charge in [-0.15, -0.1) is 11.8 Å². The first-order chi connectivity index (χ1) is 7.54. The lowest BCUT2D eigenvalue weighted by molar-refractivity contribution is 0.101. The minimum Gasteiger partial charge on any atom is -0.396 e. The van der Waals surface area contributed by atoms with Gasteiger partial charge in [-0.1, -0.05) is 6.92 Å². The molecule has 0 fully saturated rings. The quantitative estimate of drug-likeness (QED) is 0.637. The Morgan fingerprint density at radius 2 is 2.25 bits per heavy atom. The van der Waals surface area contributed by atoms with Crippen molar-refractivity contribution in [3.63, 3.8) is 0 Å². The number of hydrogen-bond acceptors (Lipinski definition) is 3. The van der Waals surface area contributed by atoms with Crippen LogP contribution in [0.15, 0.2) is 23.1 Å². The van der Waals surface area contributed by atoms with Crippen molar-refractivity contribution in [1.82, 2.24) is 0 Å². The first-order valence-electron chi connectivity index (χ1n) is 5.12. The average Bonchev–Trinajstić information content (AvgIpc) is 2.20. The Labute approximate surface area is 98.9 Å². The Hall–Kier alpha value is -0.870. The summed E-state index contributed by atoms with van der Waals surface area (Å²) in [5.41, 5.74) is 0.412. The third-order valence-electron chi connectivity index (χ3n) is 2.18. The molecule has 1 unspecified atom stereocenters. The maximum absolute atomic E-state index is 13.0. The summed E-state index contributed by atoms with van der Waals surface area (Å²) in [7, 11) is 0. The van der Waals surface area contributed by atoms with Gasteiger partial charge in [0.25, 0.3) is 0 Å². The van der Waals surface area contributed by atoms with E-state index in [9.17, 15) is 9.18 Å². The van der Waals surface area contributed by atoms with Gasteiger partial charge < -0.3 is 5.11 Å². The molecule has 1 aromatic carbocycles. The predicted molar refractivity (Wildman–Crippen MR) is 63.4 cm³/mol. The van der Waals surface area contributed by atoms with Gasteiger partial charge in [0.15, 0.2) is 5.78 Å². The fraction of sp³-hybridized carbons (Fsp3) is 0.417. The van der Waals surface area contributed by atoms with E-state index in [0.29, 0.717) is 12.0 Å². The van der Waals surface area contributed by atoms with Gasteiger partial charge in [-0.25, -0.2) is 4.39 Å². The van der Waals surface area contributed by atoms with E-state index in [0.717, 1.165) is 4.90 Å². The fourth-order valence-corrected chi connectivity index (χ4v) is 2.47. The third kappa shape index (κ3) is 3.61. The summed E-state index contributed by atoms with van der Waals surface area (Å²) in [6.07, 6.45) is 0.652. The zero-order valence-electron chi connectivity index (χ0n) is 9.37. The summed E-state index contributed by atoms with van der Waals surface area (Å²) in [4.78, 5) is 12.1. The fourth-order valence-electron chi connectivity index (χ4n) is 1.34. The standard InChI is InChI=1S/C12H15FO2S/c1-8(5-6-14)16-12-4-3-10(13)7-11(12)9(2)15/h3-4,7-8,14H,5-6H2,1-2H3. The van der Waals surface area contributed by atoms with E-state index in [-0.39, 0.29) is 17.6 Å². The number of carbonyl (C=O) groups excluding carboxylic acids is 1. The summed E-state index contributed by atoms with van der Waals surface area (Å²) in [5.74, 6) is -0.539. The van der Waals surface area contributed by atoms with Crippen LogP contribution in [0.5, 0.6) is 0 Å². The number of rotatable bonds is 5. The SMILES string of the molecule is CC(=O)c1cc(F)ccc1SC(C)CCO. The van der Waals surface area contributed by atoms with Gasteiger partial charge in [0, 0.05) is 22.3 Å². The van der Waals surface area contributed by atoms with E-state index < -0.39 is 5.82 Å². The van der Waals surface area contributed by atoms with Crippen LogP contribution in [0.2, 0.25) is 0 Å². The number of carbonyl (C=O) groups is 1. The maximum Gasteiger partial charge on any atom is 0.161 e. The maximum atomic E-state index is 13.0. The van der Waals surface area contributed by atoms with Gasteiger partial charge in [0.1, 0.15) is 5.82 Å². The molecule has 0 heterocycles. The smallest absolute Gasteiger partial charge is 0.161 e. The summed E-state index contributed by atoms with van der Waals surface area (Å²) >= 11 is 1.48. The molecule has 0 spiro atoms. The van der Waals surface area contributed by atoms with Crippen molar-refractivity contribution in [3.05, 3.63) is 29.6 Å². The zero-order chi connectivity index (χ0) is 12.1. The van der Waals surface area contributed by atoms with E-state index in [4.69, 9.17) is 5.11 Å². The number of thioether (sulfide) groups is 1. The van der Waals surface area contributed by atoms with Crippen LogP contribution >= 0.6 is 11.8 Å². The molecular weight excluding hydrogens is 227 g/mol. The molecule has 0 aliphatic carbocycles. The molecular formula is C12H15FO2S. The molecule has 0 aliphatic heterocycles. The molecule has 4 heteroatoms. The van der Waals surface area contributed by atoms with Crippen LogP contribution in [-0.2, 0) is 0 Å². The van der Waals surface area contributed by atoms with Crippen LogP contribution in [0.1, 0.15) is 30.6 Å². The number of aliphatic hydroxyl groups excluding tert-OH is 1. The second-order valence-electron chi connectivity index (χ2n) is 3.64. The molecule has 1 atom stereocenters. The zero-order valence-corrected chi connectivity index (χ0v) is 10.2. The number of hydrogen-bond donors (Lipinski definition) is 1. The predicted octanol–water partition coefficient (Wildman–Crippen LogP) is 2.89. The molecule has 2 nitrogen and oxygen atoms in total. The van der Waals surface area contributed by atoms with Crippen LogP contribution in [0, 0.1) is 5.82 Å². The lowest BCUT2D eigenvalue weighted by atomic mass is 10.1. The van der Waals surface area contributed by atoms with E-state index in [2.05, 4.69) is 0 Å². The molecule has 0 saturated heterocycles. The molecule has 0 aliphatic rings. The van der Waals surface area contributed by atoms with Crippen molar-refractivity contribution in [1.29, 1.82) is 0 Å². The molecule has 1 N–H and O–H groups in total. The van der Waals surface area contributed by atoms with E-state index >= 15 is 0 Å². The number of ketones is 1. The molecule has 1 aromatic rings. The van der Waals surface area contributed by atoms with Gasteiger partial charge in [-0.3, -0.25) is 4.79 Å². The van der Waals surface area contributed by atoms with Crippen molar-refractivity contribution in [2.45, 2.75) is 30.4 Å². The van der Waals surface area contributed by atoms with Crippen molar-refractivity contribution >= 4 is 17.5 Å². The Balaban J connectivity index is 2.90. The molecule has 0 radical (unpaired) electrons. The first kappa shape index (κ1) is 13.2. The molecule has 0 amide bonds. The van der Waals surface area contributed by atoms with E-state index in [1.165, 1.54) is 30.8 Å². The van der Waals surface area contributed by atoms with E-state index in [1.807, 2.05) is 6.92 Å². The first-order valence-corrected chi connectivity index (χ1v) is 6.00. The highest BCUT2D eigenvalue weighted by Crippen LogP contribution is 2.29. The number of aliphatic hydroxyl groups is 1. The van der Waals surface area contributed by atoms with Crippen LogP contribution in [-0.4, -0.2) is 22.7 Å². The summed E-state index contributed by atoms with van der Waals surface area (Å²) in [6.45, 7) is 3.51. The molecule has 0 bridgehead atoms. The molecule has 0 saturated carbocycles. The van der Waals surface area contributed by atoms with Gasteiger partial charge in [0.05, 0.1) is 0 Å². The molecule has 0 aromatic heterocycles. The van der Waals surface area contributed by atoms with Crippen LogP contribution < -0.4 is 0 Å². The highest BCUT2D eigenvalue weighted by Gasteiger charge is 2.12. The Bertz CT molecular complexity index is 379. The Morgan fingerprint density at radius 3 is 2.81 bits per heavy atom. The van der Waals surface area contributed by atoms with Gasteiger partial charge >= 0.3 is 0 Å². The van der Waals surface area contributed by atoms with Crippen LogP contribution in [0.25, 0.3) is 0 Å². The number of Topliss-reactive ketones (excluding diaryl/α,β-unsaturated/α-hetero) is 1. The summed E-state index contributed by atoms with van der Waals surface area (Å²) in [6, 6.07) is 4.22. The molecule has 16 heavy (non-hydrogen) atoms. The lowest BCUT2D eigenvalue weighted by Crippen LogP contribution is -2.02. The van der Waals surface area contributed by atoms with Gasteiger partial charge in [-0.2, -0.15) is 0 Å². The van der Waals surface area contributed by atoms with Gasteiger partial charge in [0.2, 0.25) is 0 Å². The number of benzene rings is 1. The summed E-state index contributed by atoms with van der Waals surface area (Å²) in [5, 5.41) is 9.00. The second-order valence-corrected chi connectivity index (χ2v) is 5.12. The normalized spacial score (nSPS) is 12.5. The third-order valence-corrected chi connectivity index (χ3v) is 3.43. The largest absolute Gasteiger partial charge is 0.396 e. The Kier molecular flexibility index (Phi) is 4.96. The van der Waals surface area contributed by atoms with Gasteiger partial charge in [-0.05, 0) is 31.5 Å². The monoisotopic (exact) mass is 242 g/mol. The second kappa shape index (κ2) is 6.01. The minimum atomic E-state index is -0.399. The van der Waals surface area contributed by atoms with Crippen molar-refractivity contribution < 1.29 is 14.3 Å². The van der Waals surface area contributed by atoms with Crippen molar-refractivity contribution in [3.8, 4) is 0 Å². The number of halogens is 1. The van der Waals surface area contributed by atoms with Crippen LogP contribution in [0.3, 0.4) is 0 Å². The summed E-state index contributed by atoms with van der Waals surface area (Å²) < 4.78 is 13.0. The topological polar surface area (TPSA) is 37.3 Å². The molecule has 88 valence electrons. The lowest BCUT2D eigenvalue weighted by Gasteiger charge is -2.12. The van der Waals surface area contributed by atoms with Crippen molar-refractivity contribution in [2.24, 2.45) is 0 Å². The van der Waals surface area contributed by atoms with Crippen LogP contribution in [0.4, 0.5) is 4.39 Å². The average molecular weight is 242 g/mol. The van der Waals surface area contributed by atoms with E-state index in [1.54, 1.807) is 6.07 Å². The highest BCUT2D eigenvalue weighted by molar-refractivity contribution is 8.00. The molecule has 1 rings (SSSR count).